The van der Waals surface area contributed by atoms with Gasteiger partial charge in [-0.15, -0.1) is 0 Å². The number of fused-ring (bicyclic) bond motifs is 6. The van der Waals surface area contributed by atoms with E-state index in [1.165, 1.54) is 18.2 Å². The van der Waals surface area contributed by atoms with Crippen molar-refractivity contribution in [2.45, 2.75) is 13.8 Å². The van der Waals surface area contributed by atoms with Crippen LogP contribution in [0.4, 0.5) is 13.2 Å². The number of aromatic nitrogens is 1. The Morgan fingerprint density at radius 2 is 1.36 bits per heavy atom. The number of carbonyl (C=O) groups excluding carboxylic acids is 2. The minimum atomic E-state index is -0.996. The van der Waals surface area contributed by atoms with Crippen LogP contribution in [-0.4, -0.2) is 30.1 Å². The normalized spacial score (nSPS) is 14.7. The van der Waals surface area contributed by atoms with E-state index in [2.05, 4.69) is 14.7 Å². The Balaban J connectivity index is 1.92. The van der Waals surface area contributed by atoms with E-state index in [0.717, 1.165) is 12.1 Å². The van der Waals surface area contributed by atoms with E-state index in [-0.39, 0.29) is 58.0 Å². The van der Waals surface area contributed by atoms with Crippen LogP contribution in [0, 0.1) is 30.6 Å². The van der Waals surface area contributed by atoms with Gasteiger partial charge in [-0.2, -0.15) is 0 Å². The molecule has 3 aromatic rings. The second-order valence-corrected chi connectivity index (χ2v) is 8.39. The Morgan fingerprint density at radius 3 is 1.97 bits per heavy atom. The zero-order valence-electron chi connectivity index (χ0n) is 20.5. The van der Waals surface area contributed by atoms with Crippen LogP contribution in [0.1, 0.15) is 36.2 Å². The van der Waals surface area contributed by atoms with E-state index in [1.54, 1.807) is 13.8 Å². The maximum absolute atomic E-state index is 15.3. The fourth-order valence-electron chi connectivity index (χ4n) is 4.83. The number of ether oxygens (including phenoxy) is 2. The molecule has 0 N–H and O–H groups in total. The molecule has 0 unspecified atom stereocenters. The van der Waals surface area contributed by atoms with Crippen molar-refractivity contribution in [3.8, 4) is 22.4 Å². The molecule has 0 bridgehead atoms. The molecule has 0 aliphatic heterocycles. The maximum Gasteiger partial charge on any atom is 0.337 e. The van der Waals surface area contributed by atoms with Crippen LogP contribution in [-0.2, 0) is 19.1 Å². The van der Waals surface area contributed by atoms with Crippen molar-refractivity contribution in [1.29, 1.82) is 0 Å². The van der Waals surface area contributed by atoms with Gasteiger partial charge in [0.05, 0.1) is 37.7 Å². The van der Waals surface area contributed by atoms with E-state index in [1.807, 2.05) is 0 Å². The molecule has 0 spiro atoms. The van der Waals surface area contributed by atoms with Gasteiger partial charge < -0.3 is 9.47 Å². The number of hydrogen-bond donors (Lipinski definition) is 0. The van der Waals surface area contributed by atoms with Gasteiger partial charge in [-0.05, 0) is 60.4 Å². The lowest BCUT2D eigenvalue weighted by Gasteiger charge is -2.10. The molecule has 5 rings (SSSR count). The molecule has 2 aliphatic rings. The van der Waals surface area contributed by atoms with Crippen molar-refractivity contribution < 1.29 is 32.2 Å². The molecule has 0 saturated heterocycles. The van der Waals surface area contributed by atoms with Crippen molar-refractivity contribution in [3.05, 3.63) is 110 Å². The number of esters is 2. The van der Waals surface area contributed by atoms with Gasteiger partial charge in [0.2, 0.25) is 0 Å². The largest absolute Gasteiger partial charge is 0.471 e. The molecule has 0 fully saturated rings. The van der Waals surface area contributed by atoms with E-state index in [9.17, 15) is 18.4 Å². The predicted molar refractivity (Wildman–Crippen MR) is 133 cm³/mol. The Bertz CT molecular complexity index is 1780. The second-order valence-electron chi connectivity index (χ2n) is 8.39. The van der Waals surface area contributed by atoms with Crippen molar-refractivity contribution in [3.63, 3.8) is 0 Å². The minimum absolute atomic E-state index is 0.00644. The first kappa shape index (κ1) is 25.4. The molecular formula is C29H16F3N3O4. The van der Waals surface area contributed by atoms with E-state index >= 15 is 4.39 Å². The fourth-order valence-corrected chi connectivity index (χ4v) is 4.83. The quantitative estimate of drug-likeness (QED) is 0.164. The Hall–Kier alpha value is -5.22. The number of pyridine rings is 1. The van der Waals surface area contributed by atoms with Gasteiger partial charge in [0.25, 0.3) is 11.4 Å². The molecule has 7 nitrogen and oxygen atoms in total. The van der Waals surface area contributed by atoms with Crippen molar-refractivity contribution in [2.24, 2.45) is 0 Å². The summed E-state index contributed by atoms with van der Waals surface area (Å²) in [4.78, 5) is 36.7. The van der Waals surface area contributed by atoms with E-state index < -0.39 is 40.8 Å². The summed E-state index contributed by atoms with van der Waals surface area (Å²) >= 11 is 0. The lowest BCUT2D eigenvalue weighted by molar-refractivity contribution is -0.139. The maximum atomic E-state index is 15.3. The molecule has 0 amide bonds. The van der Waals surface area contributed by atoms with Crippen LogP contribution in [0.15, 0.2) is 47.8 Å². The lowest BCUT2D eigenvalue weighted by atomic mass is 9.99. The van der Waals surface area contributed by atoms with Crippen LogP contribution in [0.5, 0.6) is 0 Å². The fraction of sp³-hybridized carbons (Fsp3) is 0.138. The zero-order chi connectivity index (χ0) is 28.0. The number of nitrogens with zero attached hydrogens (tertiary/aromatic N) is 3. The summed E-state index contributed by atoms with van der Waals surface area (Å²) in [5, 5.41) is 0. The molecular weight excluding hydrogens is 511 g/mol. The number of carbonyl (C=O) groups is 2. The summed E-state index contributed by atoms with van der Waals surface area (Å²) in [6, 6.07) is 6.91. The van der Waals surface area contributed by atoms with Gasteiger partial charge in [-0.25, -0.2) is 27.8 Å². The number of hydrogen-bond acceptors (Lipinski definition) is 5. The molecule has 1 heterocycles. The molecule has 1 aromatic heterocycles. The Kier molecular flexibility index (Phi) is 6.25. The minimum Gasteiger partial charge on any atom is -0.471 e. The average Bonchev–Trinajstić information content (AvgIpc) is 3.36. The third kappa shape index (κ3) is 3.85. The first-order valence-electron chi connectivity index (χ1n) is 11.7. The molecule has 10 heteroatoms. The van der Waals surface area contributed by atoms with Crippen molar-refractivity contribution in [2.75, 3.05) is 13.2 Å². The van der Waals surface area contributed by atoms with Gasteiger partial charge in [-0.3, -0.25) is 9.59 Å². The van der Waals surface area contributed by atoms with Crippen LogP contribution < -0.4 is 0 Å². The highest BCUT2D eigenvalue weighted by Gasteiger charge is 2.38. The van der Waals surface area contributed by atoms with Gasteiger partial charge >= 0.3 is 11.9 Å². The smallest absolute Gasteiger partial charge is 0.337 e. The van der Waals surface area contributed by atoms with Crippen molar-refractivity contribution in [1.82, 2.24) is 4.98 Å². The topological polar surface area (TPSA) is 74.2 Å². The molecule has 0 radical (unpaired) electrons. The van der Waals surface area contributed by atoms with Gasteiger partial charge in [0, 0.05) is 28.3 Å². The first-order chi connectivity index (χ1) is 18.7. The van der Waals surface area contributed by atoms with Crippen LogP contribution in [0.25, 0.3) is 43.2 Å². The predicted octanol–water partition coefficient (Wildman–Crippen LogP) is 5.94. The summed E-state index contributed by atoms with van der Waals surface area (Å²) in [7, 11) is 0. The summed E-state index contributed by atoms with van der Waals surface area (Å²) in [6.45, 7) is 18.4. The van der Waals surface area contributed by atoms with E-state index in [0.29, 0.717) is 17.2 Å². The second kappa shape index (κ2) is 9.58. The van der Waals surface area contributed by atoms with Crippen molar-refractivity contribution >= 4 is 23.1 Å². The van der Waals surface area contributed by atoms with Gasteiger partial charge in [-0.1, -0.05) is 6.07 Å². The zero-order valence-corrected chi connectivity index (χ0v) is 20.5. The Labute approximate surface area is 220 Å². The number of halogens is 3. The van der Waals surface area contributed by atoms with Crippen LogP contribution >= 0.6 is 0 Å². The monoisotopic (exact) mass is 527 g/mol. The van der Waals surface area contributed by atoms with Crippen LogP contribution in [0.3, 0.4) is 0 Å². The highest BCUT2D eigenvalue weighted by atomic mass is 19.1. The van der Waals surface area contributed by atoms with E-state index in [4.69, 9.17) is 22.6 Å². The summed E-state index contributed by atoms with van der Waals surface area (Å²) in [6.07, 6.45) is 0. The van der Waals surface area contributed by atoms with Crippen LogP contribution in [0.2, 0.25) is 0 Å². The molecule has 2 aliphatic carbocycles. The molecule has 2 aromatic carbocycles. The molecule has 192 valence electrons. The van der Waals surface area contributed by atoms with Gasteiger partial charge in [0.1, 0.15) is 17.5 Å². The first-order valence-corrected chi connectivity index (χ1v) is 11.7. The summed E-state index contributed by atoms with van der Waals surface area (Å²) < 4.78 is 54.1. The number of rotatable bonds is 4. The highest BCUT2D eigenvalue weighted by molar-refractivity contribution is 6.14. The summed E-state index contributed by atoms with van der Waals surface area (Å²) in [5.41, 5.74) is -0.145. The highest BCUT2D eigenvalue weighted by Crippen LogP contribution is 2.52. The molecule has 39 heavy (non-hydrogen) atoms. The van der Waals surface area contributed by atoms with Gasteiger partial charge in [0.15, 0.2) is 0 Å². The number of benzene rings is 2. The lowest BCUT2D eigenvalue weighted by Crippen LogP contribution is -2.08. The summed E-state index contributed by atoms with van der Waals surface area (Å²) in [5.74, 6) is -4.49. The Morgan fingerprint density at radius 1 is 0.744 bits per heavy atom. The standard InChI is InChI=1S/C29H16F3N3O4/c1-5-38-28(36)26(33-3)21-18-10-14(31)11-20(32)22(18)25-19(21)12-17-15-8-7-13(30)9-16(15)23(24(17)35-25)27(34-4)29(37)39-6-2/h7-12H,5-6H2,1-2H3/b26-21+,27-23-. The average molecular weight is 527 g/mol. The third-order valence-corrected chi connectivity index (χ3v) is 6.27. The molecule has 0 atom stereocenters. The SMILES string of the molecule is [C-]#[N+]/C(C(=O)OCC)=C1/c2cc(F)ccc2-c2cc3c(nc21)-c1c(F)cc(F)cc1/C3=C(\[N+]#[C-])C(=O)OCC. The molecule has 0 saturated carbocycles. The third-order valence-electron chi connectivity index (χ3n) is 6.27.